The van der Waals surface area contributed by atoms with Crippen LogP contribution in [0.25, 0.3) is 0 Å². The summed E-state index contributed by atoms with van der Waals surface area (Å²) in [5.41, 5.74) is 3.09. The second kappa shape index (κ2) is 10.3. The molecule has 2 unspecified atom stereocenters. The first-order valence-corrected chi connectivity index (χ1v) is 10.3. The Morgan fingerprint density at radius 2 is 1.86 bits per heavy atom. The maximum atomic E-state index is 12.5. The molecular weight excluding hydrogens is 397 g/mol. The van der Waals surface area contributed by atoms with Crippen molar-refractivity contribution in [2.24, 2.45) is 5.92 Å². The van der Waals surface area contributed by atoms with E-state index in [0.717, 1.165) is 23.1 Å². The quantitative estimate of drug-likeness (QED) is 0.551. The molecule has 0 heterocycles. The van der Waals surface area contributed by atoms with Gasteiger partial charge in [0.15, 0.2) is 0 Å². The summed E-state index contributed by atoms with van der Waals surface area (Å²) in [7, 11) is 0. The average molecular weight is 422 g/mol. The van der Waals surface area contributed by atoms with Gasteiger partial charge in [-0.15, -0.1) is 0 Å². The summed E-state index contributed by atoms with van der Waals surface area (Å²) in [5.74, 6) is 0.164. The molecule has 0 saturated heterocycles. The molecule has 1 aliphatic carbocycles. The topological polar surface area (TPSA) is 47.6 Å². The molecule has 2 aromatic carbocycles. The molecule has 0 aliphatic heterocycles. The SMILES string of the molecule is CCOCCOCc1cccc(CNC(=O)C2CC2c2cccc(Cl)c2Cl)c1. The van der Waals surface area contributed by atoms with Gasteiger partial charge in [0.1, 0.15) is 0 Å². The number of hydrogen-bond donors (Lipinski definition) is 1. The molecular formula is C22H25Cl2NO3. The van der Waals surface area contributed by atoms with Crippen LogP contribution in [-0.4, -0.2) is 25.7 Å². The fourth-order valence-electron chi connectivity index (χ4n) is 3.24. The first kappa shape index (κ1) is 21.1. The van der Waals surface area contributed by atoms with E-state index >= 15 is 0 Å². The largest absolute Gasteiger partial charge is 0.379 e. The molecule has 2 aromatic rings. The molecule has 28 heavy (non-hydrogen) atoms. The van der Waals surface area contributed by atoms with Gasteiger partial charge in [0.25, 0.3) is 0 Å². The van der Waals surface area contributed by atoms with Crippen LogP contribution in [0.5, 0.6) is 0 Å². The lowest BCUT2D eigenvalue weighted by Crippen LogP contribution is -2.25. The van der Waals surface area contributed by atoms with E-state index in [1.54, 1.807) is 6.07 Å². The van der Waals surface area contributed by atoms with Crippen LogP contribution >= 0.6 is 23.2 Å². The molecule has 4 nitrogen and oxygen atoms in total. The Kier molecular flexibility index (Phi) is 7.74. The minimum atomic E-state index is -0.0407. The molecule has 1 N–H and O–H groups in total. The standard InChI is InChI=1S/C22H25Cl2NO3/c1-2-27-9-10-28-14-16-6-3-5-15(11-16)13-25-22(26)19-12-18(19)17-7-4-8-20(23)21(17)24/h3-8,11,18-19H,2,9-10,12-14H2,1H3,(H,25,26). The average Bonchev–Trinajstić information content (AvgIpc) is 3.49. The number of carbonyl (C=O) groups is 1. The first-order valence-electron chi connectivity index (χ1n) is 9.55. The van der Waals surface area contributed by atoms with E-state index in [1.807, 2.05) is 37.3 Å². The van der Waals surface area contributed by atoms with E-state index in [0.29, 0.717) is 43.0 Å². The molecule has 3 rings (SSSR count). The van der Waals surface area contributed by atoms with E-state index in [-0.39, 0.29) is 17.7 Å². The van der Waals surface area contributed by atoms with Crippen LogP contribution in [0, 0.1) is 5.92 Å². The zero-order valence-corrected chi connectivity index (χ0v) is 17.4. The van der Waals surface area contributed by atoms with Crippen LogP contribution in [0.3, 0.4) is 0 Å². The maximum Gasteiger partial charge on any atom is 0.224 e. The molecule has 1 fully saturated rings. The normalized spacial score (nSPS) is 18.1. The number of benzene rings is 2. The highest BCUT2D eigenvalue weighted by atomic mass is 35.5. The van der Waals surface area contributed by atoms with Crippen molar-refractivity contribution in [2.75, 3.05) is 19.8 Å². The van der Waals surface area contributed by atoms with Gasteiger partial charge < -0.3 is 14.8 Å². The van der Waals surface area contributed by atoms with Crippen molar-refractivity contribution in [3.8, 4) is 0 Å². The zero-order valence-electron chi connectivity index (χ0n) is 15.9. The number of rotatable bonds is 10. The monoisotopic (exact) mass is 421 g/mol. The summed E-state index contributed by atoms with van der Waals surface area (Å²) in [6.45, 7) is 4.87. The van der Waals surface area contributed by atoms with Crippen molar-refractivity contribution in [2.45, 2.75) is 32.4 Å². The Labute approximate surface area is 176 Å². The summed E-state index contributed by atoms with van der Waals surface area (Å²) in [6, 6.07) is 13.6. The van der Waals surface area contributed by atoms with Gasteiger partial charge in [0.05, 0.1) is 29.9 Å². The highest BCUT2D eigenvalue weighted by Crippen LogP contribution is 2.50. The van der Waals surface area contributed by atoms with E-state index in [9.17, 15) is 4.79 Å². The summed E-state index contributed by atoms with van der Waals surface area (Å²) < 4.78 is 10.9. The van der Waals surface area contributed by atoms with Crippen LogP contribution in [0.15, 0.2) is 42.5 Å². The van der Waals surface area contributed by atoms with Crippen LogP contribution in [-0.2, 0) is 27.4 Å². The van der Waals surface area contributed by atoms with Crippen molar-refractivity contribution < 1.29 is 14.3 Å². The van der Waals surface area contributed by atoms with Gasteiger partial charge in [0, 0.05) is 19.1 Å². The fourth-order valence-corrected chi connectivity index (χ4v) is 3.69. The number of halogens is 2. The van der Waals surface area contributed by atoms with Gasteiger partial charge >= 0.3 is 0 Å². The van der Waals surface area contributed by atoms with Crippen molar-refractivity contribution in [3.63, 3.8) is 0 Å². The summed E-state index contributed by atoms with van der Waals surface area (Å²) in [5, 5.41) is 4.12. The van der Waals surface area contributed by atoms with Crippen LogP contribution < -0.4 is 5.32 Å². The van der Waals surface area contributed by atoms with Crippen LogP contribution in [0.2, 0.25) is 10.0 Å². The molecule has 2 atom stereocenters. The van der Waals surface area contributed by atoms with Crippen molar-refractivity contribution in [1.29, 1.82) is 0 Å². The summed E-state index contributed by atoms with van der Waals surface area (Å²) >= 11 is 12.4. The predicted molar refractivity (Wildman–Crippen MR) is 112 cm³/mol. The van der Waals surface area contributed by atoms with Gasteiger partial charge in [-0.05, 0) is 42.0 Å². The van der Waals surface area contributed by atoms with Crippen LogP contribution in [0.4, 0.5) is 0 Å². The summed E-state index contributed by atoms with van der Waals surface area (Å²) in [4.78, 5) is 12.5. The fraction of sp³-hybridized carbons (Fsp3) is 0.409. The van der Waals surface area contributed by atoms with Gasteiger partial charge in [-0.2, -0.15) is 0 Å². The summed E-state index contributed by atoms with van der Waals surface area (Å²) in [6.07, 6.45) is 0.805. The Morgan fingerprint density at radius 1 is 1.11 bits per heavy atom. The molecule has 1 amide bonds. The van der Waals surface area contributed by atoms with Gasteiger partial charge in [-0.1, -0.05) is 59.6 Å². The maximum absolute atomic E-state index is 12.5. The molecule has 0 bridgehead atoms. The highest BCUT2D eigenvalue weighted by molar-refractivity contribution is 6.42. The number of ether oxygens (including phenoxy) is 2. The Bertz CT molecular complexity index is 812. The van der Waals surface area contributed by atoms with E-state index in [2.05, 4.69) is 11.4 Å². The van der Waals surface area contributed by atoms with E-state index in [4.69, 9.17) is 32.7 Å². The van der Waals surface area contributed by atoms with Crippen molar-refractivity contribution in [1.82, 2.24) is 5.32 Å². The zero-order chi connectivity index (χ0) is 19.9. The lowest BCUT2D eigenvalue weighted by atomic mass is 10.1. The third-order valence-corrected chi connectivity index (χ3v) is 5.64. The van der Waals surface area contributed by atoms with Crippen LogP contribution in [0.1, 0.15) is 36.0 Å². The molecule has 150 valence electrons. The number of nitrogens with one attached hydrogen (secondary N) is 1. The number of carbonyl (C=O) groups excluding carboxylic acids is 1. The second-order valence-corrected chi connectivity index (χ2v) is 7.66. The molecule has 1 saturated carbocycles. The van der Waals surface area contributed by atoms with E-state index in [1.165, 1.54) is 0 Å². The molecule has 0 spiro atoms. The molecule has 1 aliphatic rings. The molecule has 0 aromatic heterocycles. The van der Waals surface area contributed by atoms with Crippen molar-refractivity contribution in [3.05, 3.63) is 69.2 Å². The van der Waals surface area contributed by atoms with Gasteiger partial charge in [0.2, 0.25) is 5.91 Å². The number of amides is 1. The Balaban J connectivity index is 1.46. The van der Waals surface area contributed by atoms with Crippen molar-refractivity contribution >= 4 is 29.1 Å². The minimum Gasteiger partial charge on any atom is -0.379 e. The van der Waals surface area contributed by atoms with Gasteiger partial charge in [-0.3, -0.25) is 4.79 Å². The van der Waals surface area contributed by atoms with Gasteiger partial charge in [-0.25, -0.2) is 0 Å². The number of hydrogen-bond acceptors (Lipinski definition) is 3. The predicted octanol–water partition coefficient (Wildman–Crippen LogP) is 4.97. The smallest absolute Gasteiger partial charge is 0.224 e. The minimum absolute atomic E-state index is 0.0407. The lowest BCUT2D eigenvalue weighted by molar-refractivity contribution is -0.122. The third kappa shape index (κ3) is 5.71. The Hall–Kier alpha value is -1.59. The molecule has 0 radical (unpaired) electrons. The Morgan fingerprint density at radius 3 is 2.68 bits per heavy atom. The third-order valence-electron chi connectivity index (χ3n) is 4.81. The highest BCUT2D eigenvalue weighted by Gasteiger charge is 2.44. The first-order chi connectivity index (χ1) is 13.6. The lowest BCUT2D eigenvalue weighted by Gasteiger charge is -2.09. The second-order valence-electron chi connectivity index (χ2n) is 6.88. The molecule has 6 heteroatoms. The van der Waals surface area contributed by atoms with E-state index < -0.39 is 0 Å².